The zero-order valence-electron chi connectivity index (χ0n) is 10.9. The molecule has 0 aliphatic carbocycles. The highest BCUT2D eigenvalue weighted by Gasteiger charge is 2.09. The van der Waals surface area contributed by atoms with E-state index in [-0.39, 0.29) is 6.04 Å². The maximum absolute atomic E-state index is 5.95. The van der Waals surface area contributed by atoms with E-state index in [1.807, 2.05) is 32.2 Å². The number of nitrogens with zero attached hydrogens (tertiary/aromatic N) is 1. The molecule has 0 saturated carbocycles. The van der Waals surface area contributed by atoms with E-state index in [0.29, 0.717) is 6.61 Å². The van der Waals surface area contributed by atoms with Gasteiger partial charge in [0.15, 0.2) is 0 Å². The molecule has 1 atom stereocenters. The second kappa shape index (κ2) is 5.50. The Kier molecular flexibility index (Phi) is 3.99. The molecule has 1 aromatic heterocycles. The number of nitrogens with two attached hydrogens (primary N) is 1. The summed E-state index contributed by atoms with van der Waals surface area (Å²) < 4.78 is 5.87. The van der Waals surface area contributed by atoms with Gasteiger partial charge in [-0.1, -0.05) is 12.1 Å². The number of thiazole rings is 1. The molecular weight excluding hydrogens is 244 g/mol. The van der Waals surface area contributed by atoms with Gasteiger partial charge >= 0.3 is 0 Å². The third-order valence-corrected chi connectivity index (χ3v) is 3.58. The molecular formula is C14H18N2OS. The van der Waals surface area contributed by atoms with Crippen molar-refractivity contribution >= 4 is 11.3 Å². The largest absolute Gasteiger partial charge is 0.488 e. The van der Waals surface area contributed by atoms with Crippen molar-refractivity contribution in [2.24, 2.45) is 5.73 Å². The summed E-state index contributed by atoms with van der Waals surface area (Å²) in [4.78, 5) is 5.35. The van der Waals surface area contributed by atoms with Crippen molar-refractivity contribution in [2.75, 3.05) is 0 Å². The zero-order valence-corrected chi connectivity index (χ0v) is 11.8. The van der Waals surface area contributed by atoms with Crippen LogP contribution < -0.4 is 10.5 Å². The fraction of sp³-hybridized carbons (Fsp3) is 0.357. The minimum Gasteiger partial charge on any atom is -0.488 e. The summed E-state index contributed by atoms with van der Waals surface area (Å²) in [6, 6.07) is 6.10. The molecule has 0 saturated heterocycles. The van der Waals surface area contributed by atoms with Crippen LogP contribution in [0.2, 0.25) is 0 Å². The summed E-state index contributed by atoms with van der Waals surface area (Å²) in [7, 11) is 0. The van der Waals surface area contributed by atoms with Gasteiger partial charge in [0.1, 0.15) is 12.4 Å². The fourth-order valence-corrected chi connectivity index (χ4v) is 2.47. The second-order valence-corrected chi connectivity index (χ2v) is 5.78. The maximum atomic E-state index is 5.95. The van der Waals surface area contributed by atoms with Crippen LogP contribution in [0.25, 0.3) is 0 Å². The smallest absolute Gasteiger partial charge is 0.124 e. The fourth-order valence-electron chi connectivity index (χ4n) is 1.76. The molecule has 2 rings (SSSR count). The van der Waals surface area contributed by atoms with Crippen molar-refractivity contribution < 1.29 is 4.74 Å². The van der Waals surface area contributed by atoms with Gasteiger partial charge in [0.25, 0.3) is 0 Å². The third kappa shape index (κ3) is 3.09. The van der Waals surface area contributed by atoms with Gasteiger partial charge in [-0.3, -0.25) is 0 Å². The molecule has 1 heterocycles. The monoisotopic (exact) mass is 262 g/mol. The highest BCUT2D eigenvalue weighted by atomic mass is 32.1. The normalized spacial score (nSPS) is 12.4. The van der Waals surface area contributed by atoms with E-state index in [9.17, 15) is 0 Å². The number of benzene rings is 1. The van der Waals surface area contributed by atoms with Gasteiger partial charge in [0.2, 0.25) is 0 Å². The average Bonchev–Trinajstić information content (AvgIpc) is 2.72. The Hall–Kier alpha value is -1.39. The van der Waals surface area contributed by atoms with E-state index in [0.717, 1.165) is 21.2 Å². The molecule has 0 spiro atoms. The van der Waals surface area contributed by atoms with Gasteiger partial charge in [-0.25, -0.2) is 4.98 Å². The van der Waals surface area contributed by atoms with Crippen molar-refractivity contribution in [3.8, 4) is 5.75 Å². The predicted octanol–water partition coefficient (Wildman–Crippen LogP) is 3.36. The number of hydrogen-bond donors (Lipinski definition) is 1. The van der Waals surface area contributed by atoms with Crippen LogP contribution in [0.1, 0.15) is 34.0 Å². The van der Waals surface area contributed by atoms with E-state index in [1.54, 1.807) is 11.3 Å². The van der Waals surface area contributed by atoms with E-state index in [4.69, 9.17) is 10.5 Å². The Morgan fingerprint density at radius 3 is 2.78 bits per heavy atom. The first-order chi connectivity index (χ1) is 8.56. The third-order valence-electron chi connectivity index (χ3n) is 2.70. The molecule has 0 aliphatic rings. The summed E-state index contributed by atoms with van der Waals surface area (Å²) >= 11 is 1.66. The molecule has 1 unspecified atom stereocenters. The maximum Gasteiger partial charge on any atom is 0.124 e. The summed E-state index contributed by atoms with van der Waals surface area (Å²) in [5.41, 5.74) is 8.17. The Balaban J connectivity index is 2.15. The molecule has 0 aliphatic heterocycles. The van der Waals surface area contributed by atoms with Crippen molar-refractivity contribution in [2.45, 2.75) is 33.4 Å². The van der Waals surface area contributed by atoms with Crippen molar-refractivity contribution in [3.05, 3.63) is 45.4 Å². The number of rotatable bonds is 4. The topological polar surface area (TPSA) is 48.1 Å². The van der Waals surface area contributed by atoms with Gasteiger partial charge in [0, 0.05) is 17.8 Å². The number of aromatic nitrogens is 1. The first-order valence-corrected chi connectivity index (χ1v) is 6.78. The minimum atomic E-state index is -0.0243. The minimum absolute atomic E-state index is 0.0243. The summed E-state index contributed by atoms with van der Waals surface area (Å²) in [6.45, 7) is 6.56. The van der Waals surface area contributed by atoms with E-state index in [1.165, 1.54) is 5.56 Å². The molecule has 18 heavy (non-hydrogen) atoms. The summed E-state index contributed by atoms with van der Waals surface area (Å²) in [5, 5.41) is 1.06. The second-order valence-electron chi connectivity index (χ2n) is 4.46. The molecule has 1 aromatic carbocycles. The van der Waals surface area contributed by atoms with Crippen LogP contribution in [0.3, 0.4) is 0 Å². The molecule has 0 radical (unpaired) electrons. The van der Waals surface area contributed by atoms with Crippen LogP contribution in [0.5, 0.6) is 5.75 Å². The Labute approximate surface area is 112 Å². The quantitative estimate of drug-likeness (QED) is 0.919. The van der Waals surface area contributed by atoms with Crippen LogP contribution in [0.15, 0.2) is 24.4 Å². The Morgan fingerprint density at radius 1 is 1.39 bits per heavy atom. The lowest BCUT2D eigenvalue weighted by Crippen LogP contribution is -2.08. The van der Waals surface area contributed by atoms with Gasteiger partial charge < -0.3 is 10.5 Å². The van der Waals surface area contributed by atoms with Gasteiger partial charge in [-0.05, 0) is 32.4 Å². The van der Waals surface area contributed by atoms with Gasteiger partial charge in [-0.15, -0.1) is 11.3 Å². The van der Waals surface area contributed by atoms with Crippen molar-refractivity contribution in [1.29, 1.82) is 0 Å². The molecule has 2 aromatic rings. The molecule has 2 N–H and O–H groups in total. The number of hydrogen-bond acceptors (Lipinski definition) is 4. The van der Waals surface area contributed by atoms with Crippen LogP contribution in [-0.2, 0) is 6.61 Å². The molecule has 96 valence electrons. The predicted molar refractivity (Wildman–Crippen MR) is 75.0 cm³/mol. The highest BCUT2D eigenvalue weighted by Crippen LogP contribution is 2.26. The van der Waals surface area contributed by atoms with Crippen LogP contribution in [0.4, 0.5) is 0 Å². The molecule has 0 bridgehead atoms. The molecule has 4 heteroatoms. The van der Waals surface area contributed by atoms with Crippen molar-refractivity contribution in [1.82, 2.24) is 4.98 Å². The number of ether oxygens (including phenoxy) is 1. The van der Waals surface area contributed by atoms with E-state index in [2.05, 4.69) is 18.0 Å². The van der Waals surface area contributed by atoms with Crippen molar-refractivity contribution in [3.63, 3.8) is 0 Å². The molecule has 0 fully saturated rings. The lowest BCUT2D eigenvalue weighted by Gasteiger charge is -2.14. The molecule has 3 nitrogen and oxygen atoms in total. The SMILES string of the molecule is Cc1ccc(C(C)N)c(OCc2cnc(C)s2)c1. The lowest BCUT2D eigenvalue weighted by atomic mass is 10.1. The lowest BCUT2D eigenvalue weighted by molar-refractivity contribution is 0.304. The highest BCUT2D eigenvalue weighted by molar-refractivity contribution is 7.11. The van der Waals surface area contributed by atoms with Crippen LogP contribution in [-0.4, -0.2) is 4.98 Å². The Morgan fingerprint density at radius 2 is 2.17 bits per heavy atom. The van der Waals surface area contributed by atoms with E-state index >= 15 is 0 Å². The Bertz CT molecular complexity index is 534. The zero-order chi connectivity index (χ0) is 13.1. The molecule has 0 amide bonds. The first kappa shape index (κ1) is 13.1. The standard InChI is InChI=1S/C14H18N2OS/c1-9-4-5-13(10(2)15)14(6-9)17-8-12-7-16-11(3)18-12/h4-7,10H,8,15H2,1-3H3. The van der Waals surface area contributed by atoms with Gasteiger partial charge in [-0.2, -0.15) is 0 Å². The van der Waals surface area contributed by atoms with Gasteiger partial charge in [0.05, 0.1) is 9.88 Å². The van der Waals surface area contributed by atoms with E-state index < -0.39 is 0 Å². The first-order valence-electron chi connectivity index (χ1n) is 5.96. The summed E-state index contributed by atoms with van der Waals surface area (Å²) in [5.74, 6) is 0.871. The number of aryl methyl sites for hydroxylation is 2. The average molecular weight is 262 g/mol. The summed E-state index contributed by atoms with van der Waals surface area (Å²) in [6.07, 6.45) is 1.86. The van der Waals surface area contributed by atoms with Crippen LogP contribution >= 0.6 is 11.3 Å². The van der Waals surface area contributed by atoms with Crippen LogP contribution in [0, 0.1) is 13.8 Å².